The van der Waals surface area contributed by atoms with Gasteiger partial charge in [0.1, 0.15) is 12.3 Å². The van der Waals surface area contributed by atoms with E-state index in [1.807, 2.05) is 0 Å². The highest BCUT2D eigenvalue weighted by Crippen LogP contribution is 2.38. The minimum Gasteiger partial charge on any atom is -0.390 e. The van der Waals surface area contributed by atoms with E-state index >= 15 is 0 Å². The van der Waals surface area contributed by atoms with Gasteiger partial charge in [-0.05, 0) is 6.92 Å². The minimum absolute atomic E-state index is 0.0826. The van der Waals surface area contributed by atoms with E-state index in [0.29, 0.717) is 11.3 Å². The fourth-order valence-corrected chi connectivity index (χ4v) is 3.37. The Hall–Kier alpha value is -0.940. The molecule has 12 heteroatoms. The highest BCUT2D eigenvalue weighted by molar-refractivity contribution is 7.80. The van der Waals surface area contributed by atoms with Crippen LogP contribution in [0.5, 0.6) is 0 Å². The number of thiol groups is 1. The first-order chi connectivity index (χ1) is 11.2. The van der Waals surface area contributed by atoms with Crippen molar-refractivity contribution in [2.75, 3.05) is 18.9 Å². The zero-order chi connectivity index (χ0) is 17.9. The van der Waals surface area contributed by atoms with Gasteiger partial charge in [-0.3, -0.25) is 18.9 Å². The van der Waals surface area contributed by atoms with E-state index in [1.165, 1.54) is 13.1 Å². The molecule has 0 bridgehead atoms. The van der Waals surface area contributed by atoms with Crippen LogP contribution in [-0.4, -0.2) is 50.7 Å². The highest BCUT2D eigenvalue weighted by atomic mass is 32.1. The van der Waals surface area contributed by atoms with E-state index in [4.69, 9.17) is 9.26 Å². The minimum atomic E-state index is -4.01. The fraction of sp³-hybridized carbons (Fsp3) is 0.667. The van der Waals surface area contributed by atoms with Crippen molar-refractivity contribution < 1.29 is 23.8 Å². The smallest absolute Gasteiger partial charge is 0.390 e. The van der Waals surface area contributed by atoms with Crippen LogP contribution in [0, 0.1) is 6.92 Å². The molecule has 1 aromatic heterocycles. The van der Waals surface area contributed by atoms with Crippen molar-refractivity contribution in [3.05, 3.63) is 32.6 Å². The number of H-pyrrole nitrogens is 1. The number of rotatable bonds is 7. The van der Waals surface area contributed by atoms with Crippen molar-refractivity contribution in [1.82, 2.24) is 14.6 Å². The van der Waals surface area contributed by atoms with E-state index < -0.39 is 37.4 Å². The molecule has 2 heterocycles. The predicted molar refractivity (Wildman–Crippen MR) is 88.2 cm³/mol. The molecule has 0 aromatic carbocycles. The summed E-state index contributed by atoms with van der Waals surface area (Å²) in [6.45, 7) is 1.39. The molecule has 2 rings (SSSR count). The van der Waals surface area contributed by atoms with Crippen LogP contribution < -0.4 is 16.3 Å². The third-order valence-corrected chi connectivity index (χ3v) is 4.84. The van der Waals surface area contributed by atoms with E-state index in [1.54, 1.807) is 0 Å². The number of aliphatic hydroxyl groups is 1. The Kier molecular flexibility index (Phi) is 6.43. The zero-order valence-corrected chi connectivity index (χ0v) is 14.7. The monoisotopic (exact) mass is 381 g/mol. The molecule has 0 amide bonds. The van der Waals surface area contributed by atoms with Gasteiger partial charge in [-0.2, -0.15) is 12.6 Å². The number of aliphatic hydroxyl groups excluding tert-OH is 1. The first-order valence-electron chi connectivity index (χ1n) is 7.22. The Morgan fingerprint density at radius 3 is 2.96 bits per heavy atom. The number of ether oxygens (including phenoxy) is 1. The molecule has 10 nitrogen and oxygen atoms in total. The third-order valence-electron chi connectivity index (χ3n) is 3.50. The lowest BCUT2D eigenvalue weighted by Crippen LogP contribution is -2.33. The molecule has 0 saturated carbocycles. The lowest BCUT2D eigenvalue weighted by Gasteiger charge is -2.18. The molecule has 4 N–H and O–H groups in total. The Labute approximate surface area is 142 Å². The summed E-state index contributed by atoms with van der Waals surface area (Å²) in [5.41, 5.74) is -0.831. The maximum absolute atomic E-state index is 11.8. The second-order valence-electron chi connectivity index (χ2n) is 5.36. The van der Waals surface area contributed by atoms with E-state index in [0.717, 1.165) is 4.57 Å². The predicted octanol–water partition coefficient (Wildman–Crippen LogP) is -0.870. The summed E-state index contributed by atoms with van der Waals surface area (Å²) in [5.74, 6) is 0.354. The fourth-order valence-electron chi connectivity index (χ4n) is 2.25. The SMILES string of the molecule is Cc1cn([C@H]2C[C@H](O)[C@@H](COP(=O)(O)NCCS)O2)c(=O)[nH]c1=O. The molecule has 1 aromatic rings. The summed E-state index contributed by atoms with van der Waals surface area (Å²) < 4.78 is 23.2. The number of aromatic nitrogens is 2. The summed E-state index contributed by atoms with van der Waals surface area (Å²) in [5, 5.41) is 12.3. The van der Waals surface area contributed by atoms with E-state index in [-0.39, 0.29) is 19.6 Å². The lowest BCUT2D eigenvalue weighted by atomic mass is 10.2. The molecule has 1 aliphatic rings. The summed E-state index contributed by atoms with van der Waals surface area (Å²) >= 11 is 3.91. The second kappa shape index (κ2) is 7.96. The summed E-state index contributed by atoms with van der Waals surface area (Å²) in [6.07, 6.45) is -1.25. The molecule has 1 saturated heterocycles. The van der Waals surface area contributed by atoms with E-state index in [2.05, 4.69) is 22.7 Å². The van der Waals surface area contributed by atoms with Crippen molar-refractivity contribution in [1.29, 1.82) is 0 Å². The molecule has 0 radical (unpaired) electrons. The molecular formula is C12H20N3O7PS. The van der Waals surface area contributed by atoms with Gasteiger partial charge in [0, 0.05) is 30.5 Å². The van der Waals surface area contributed by atoms with Gasteiger partial charge in [-0.25, -0.2) is 14.4 Å². The number of nitrogens with zero attached hydrogens (tertiary/aromatic N) is 1. The topological polar surface area (TPSA) is 143 Å². The number of aromatic amines is 1. The molecule has 4 atom stereocenters. The van der Waals surface area contributed by atoms with Crippen LogP contribution in [0.25, 0.3) is 0 Å². The van der Waals surface area contributed by atoms with Crippen LogP contribution in [0.1, 0.15) is 18.2 Å². The molecule has 1 aliphatic heterocycles. The number of aryl methyl sites for hydroxylation is 1. The summed E-state index contributed by atoms with van der Waals surface area (Å²) in [4.78, 5) is 34.9. The molecule has 24 heavy (non-hydrogen) atoms. The quantitative estimate of drug-likeness (QED) is 0.303. The van der Waals surface area contributed by atoms with Gasteiger partial charge in [0.15, 0.2) is 0 Å². The molecule has 1 unspecified atom stereocenters. The summed E-state index contributed by atoms with van der Waals surface area (Å²) in [7, 11) is -4.01. The normalized spacial score (nSPS) is 26.4. The molecule has 136 valence electrons. The first kappa shape index (κ1) is 19.4. The highest BCUT2D eigenvalue weighted by Gasteiger charge is 2.37. The van der Waals surface area contributed by atoms with Crippen LogP contribution in [-0.2, 0) is 13.8 Å². The average Bonchev–Trinajstić information content (AvgIpc) is 2.88. The molecule has 0 spiro atoms. The van der Waals surface area contributed by atoms with Crippen LogP contribution in [0.3, 0.4) is 0 Å². The van der Waals surface area contributed by atoms with Crippen molar-refractivity contribution >= 4 is 20.4 Å². The van der Waals surface area contributed by atoms with Gasteiger partial charge in [-0.15, -0.1) is 0 Å². The Morgan fingerprint density at radius 2 is 2.29 bits per heavy atom. The van der Waals surface area contributed by atoms with Gasteiger partial charge in [-0.1, -0.05) is 0 Å². The lowest BCUT2D eigenvalue weighted by molar-refractivity contribution is -0.0428. The number of hydrogen-bond acceptors (Lipinski definition) is 7. The number of nitrogens with one attached hydrogen (secondary N) is 2. The van der Waals surface area contributed by atoms with Gasteiger partial charge < -0.3 is 14.7 Å². The Morgan fingerprint density at radius 1 is 1.58 bits per heavy atom. The maximum Gasteiger partial charge on any atom is 0.403 e. The van der Waals surface area contributed by atoms with Crippen molar-refractivity contribution in [3.63, 3.8) is 0 Å². The van der Waals surface area contributed by atoms with Crippen LogP contribution in [0.2, 0.25) is 0 Å². The summed E-state index contributed by atoms with van der Waals surface area (Å²) in [6, 6.07) is 0. The van der Waals surface area contributed by atoms with Crippen molar-refractivity contribution in [2.24, 2.45) is 0 Å². The van der Waals surface area contributed by atoms with E-state index in [9.17, 15) is 24.2 Å². The van der Waals surface area contributed by atoms with Gasteiger partial charge in [0.2, 0.25) is 0 Å². The van der Waals surface area contributed by atoms with Crippen LogP contribution in [0.15, 0.2) is 15.8 Å². The standard InChI is InChI=1S/C12H20N3O7PS/c1-7-5-15(12(18)14-11(7)17)10-4-8(16)9(22-10)6-21-23(19,20)13-2-3-24/h5,8-10,16,24H,2-4,6H2,1H3,(H2,13,19,20)(H,14,17,18)/t8-,9+,10+/m0/s1. The average molecular weight is 381 g/mol. The third kappa shape index (κ3) is 4.79. The Bertz CT molecular complexity index is 736. The molecular weight excluding hydrogens is 361 g/mol. The Balaban J connectivity index is 2.02. The van der Waals surface area contributed by atoms with Gasteiger partial charge >= 0.3 is 13.4 Å². The maximum atomic E-state index is 11.8. The number of hydrogen-bond donors (Lipinski definition) is 5. The van der Waals surface area contributed by atoms with Crippen LogP contribution in [0.4, 0.5) is 0 Å². The van der Waals surface area contributed by atoms with Gasteiger partial charge in [0.25, 0.3) is 5.56 Å². The largest absolute Gasteiger partial charge is 0.403 e. The molecule has 0 aliphatic carbocycles. The zero-order valence-electron chi connectivity index (χ0n) is 12.9. The second-order valence-corrected chi connectivity index (χ2v) is 7.42. The van der Waals surface area contributed by atoms with Crippen molar-refractivity contribution in [3.8, 4) is 0 Å². The van der Waals surface area contributed by atoms with Gasteiger partial charge in [0.05, 0.1) is 12.7 Å². The molecule has 1 fully saturated rings. The van der Waals surface area contributed by atoms with Crippen molar-refractivity contribution in [2.45, 2.75) is 31.8 Å². The first-order valence-corrected chi connectivity index (χ1v) is 9.43. The van der Waals surface area contributed by atoms with Crippen LogP contribution >= 0.6 is 20.4 Å².